The van der Waals surface area contributed by atoms with Crippen LogP contribution in [0.4, 0.5) is 11.4 Å². The van der Waals surface area contributed by atoms with Gasteiger partial charge in [0, 0.05) is 5.56 Å². The van der Waals surface area contributed by atoms with E-state index in [0.717, 1.165) is 5.56 Å². The number of rotatable bonds is 2. The van der Waals surface area contributed by atoms with E-state index in [1.807, 2.05) is 0 Å². The molecular formula is C8H8N2O2. The lowest BCUT2D eigenvalue weighted by Gasteiger charge is -2.00. The third kappa shape index (κ3) is 1.37. The summed E-state index contributed by atoms with van der Waals surface area (Å²) in [5, 5.41) is 5.58. The van der Waals surface area contributed by atoms with Gasteiger partial charge in [-0.3, -0.25) is 0 Å². The third-order valence-electron chi connectivity index (χ3n) is 1.69. The topological polar surface area (TPSA) is 58.9 Å². The van der Waals surface area contributed by atoms with Gasteiger partial charge in [0.05, 0.1) is 0 Å². The number of hydrogen-bond acceptors (Lipinski definition) is 4. The Morgan fingerprint density at radius 2 is 1.42 bits per heavy atom. The Kier molecular flexibility index (Phi) is 2.28. The third-order valence-corrected chi connectivity index (χ3v) is 1.69. The van der Waals surface area contributed by atoms with Gasteiger partial charge in [0.2, 0.25) is 0 Å². The standard InChI is InChI=1S/C8H8N2O2/c1-5-3-7(9-11)6(2)8(4-5)10-12/h3-4H,1-2H3. The Bertz CT molecular complexity index is 305. The van der Waals surface area contributed by atoms with Crippen molar-refractivity contribution in [3.63, 3.8) is 0 Å². The van der Waals surface area contributed by atoms with Gasteiger partial charge >= 0.3 is 0 Å². The molecule has 4 nitrogen and oxygen atoms in total. The molecule has 0 heterocycles. The number of hydrogen-bond donors (Lipinski definition) is 0. The average molecular weight is 164 g/mol. The van der Waals surface area contributed by atoms with E-state index >= 15 is 0 Å². The summed E-state index contributed by atoms with van der Waals surface area (Å²) in [5.74, 6) is 0. The van der Waals surface area contributed by atoms with Crippen molar-refractivity contribution >= 4 is 11.4 Å². The van der Waals surface area contributed by atoms with Gasteiger partial charge in [0.15, 0.2) is 0 Å². The summed E-state index contributed by atoms with van der Waals surface area (Å²) in [7, 11) is 0. The van der Waals surface area contributed by atoms with Crippen LogP contribution in [0.15, 0.2) is 22.5 Å². The zero-order chi connectivity index (χ0) is 9.14. The van der Waals surface area contributed by atoms with Crippen LogP contribution in [0.1, 0.15) is 11.1 Å². The summed E-state index contributed by atoms with van der Waals surface area (Å²) in [6, 6.07) is 3.24. The molecule has 0 spiro atoms. The summed E-state index contributed by atoms with van der Waals surface area (Å²) in [6.07, 6.45) is 0. The Morgan fingerprint density at radius 1 is 1.00 bits per heavy atom. The molecular weight excluding hydrogens is 156 g/mol. The minimum Gasteiger partial charge on any atom is -0.145 e. The first kappa shape index (κ1) is 8.52. The van der Waals surface area contributed by atoms with E-state index in [-0.39, 0.29) is 11.4 Å². The minimum absolute atomic E-state index is 0.282. The molecule has 0 radical (unpaired) electrons. The summed E-state index contributed by atoms with van der Waals surface area (Å²) < 4.78 is 0. The highest BCUT2D eigenvalue weighted by molar-refractivity contribution is 5.61. The van der Waals surface area contributed by atoms with Gasteiger partial charge in [0.1, 0.15) is 11.4 Å². The van der Waals surface area contributed by atoms with Crippen molar-refractivity contribution in [2.24, 2.45) is 10.4 Å². The summed E-state index contributed by atoms with van der Waals surface area (Å²) in [6.45, 7) is 3.43. The normalized spacial score (nSPS) is 9.50. The molecule has 0 amide bonds. The summed E-state index contributed by atoms with van der Waals surface area (Å²) in [5.41, 5.74) is 1.91. The SMILES string of the molecule is Cc1cc(N=O)c(C)c(N=O)c1. The van der Waals surface area contributed by atoms with Gasteiger partial charge in [-0.05, 0) is 41.9 Å². The molecule has 0 aliphatic heterocycles. The molecule has 0 aromatic heterocycles. The molecule has 0 aliphatic carbocycles. The second-order valence-corrected chi connectivity index (χ2v) is 2.61. The molecule has 62 valence electrons. The van der Waals surface area contributed by atoms with E-state index in [9.17, 15) is 9.81 Å². The highest BCUT2D eigenvalue weighted by Gasteiger charge is 2.05. The van der Waals surface area contributed by atoms with Crippen LogP contribution >= 0.6 is 0 Å². The molecule has 4 heteroatoms. The van der Waals surface area contributed by atoms with Gasteiger partial charge in [-0.25, -0.2) is 0 Å². The molecule has 0 fully saturated rings. The fourth-order valence-electron chi connectivity index (χ4n) is 1.01. The van der Waals surface area contributed by atoms with Gasteiger partial charge < -0.3 is 0 Å². The van der Waals surface area contributed by atoms with Crippen molar-refractivity contribution in [2.45, 2.75) is 13.8 Å². The van der Waals surface area contributed by atoms with Gasteiger partial charge in [0.25, 0.3) is 0 Å². The first-order valence-electron chi connectivity index (χ1n) is 3.47. The molecule has 0 bridgehead atoms. The Morgan fingerprint density at radius 3 is 1.75 bits per heavy atom. The van der Waals surface area contributed by atoms with Crippen molar-refractivity contribution < 1.29 is 0 Å². The first-order valence-corrected chi connectivity index (χ1v) is 3.47. The van der Waals surface area contributed by atoms with Gasteiger partial charge in [-0.1, -0.05) is 0 Å². The number of nitroso groups, excluding NO2 is 2. The maximum atomic E-state index is 10.3. The Labute approximate surface area is 69.6 Å². The van der Waals surface area contributed by atoms with Crippen LogP contribution in [0, 0.1) is 23.7 Å². The van der Waals surface area contributed by atoms with Gasteiger partial charge in [-0.15, -0.1) is 9.81 Å². The predicted octanol–water partition coefficient (Wildman–Crippen LogP) is 3.10. The average Bonchev–Trinajstić information content (AvgIpc) is 2.08. The molecule has 1 rings (SSSR count). The molecule has 0 saturated heterocycles. The van der Waals surface area contributed by atoms with Crippen molar-refractivity contribution in [3.8, 4) is 0 Å². The van der Waals surface area contributed by atoms with E-state index in [2.05, 4.69) is 10.4 Å². The lowest BCUT2D eigenvalue weighted by atomic mass is 10.1. The zero-order valence-corrected chi connectivity index (χ0v) is 6.87. The maximum Gasteiger partial charge on any atom is 0.113 e. The fourth-order valence-corrected chi connectivity index (χ4v) is 1.01. The summed E-state index contributed by atoms with van der Waals surface area (Å²) in [4.78, 5) is 20.5. The van der Waals surface area contributed by atoms with Crippen LogP contribution in [-0.4, -0.2) is 0 Å². The molecule has 12 heavy (non-hydrogen) atoms. The molecule has 0 atom stereocenters. The fraction of sp³-hybridized carbons (Fsp3) is 0.250. The second kappa shape index (κ2) is 3.21. The van der Waals surface area contributed by atoms with Crippen LogP contribution < -0.4 is 0 Å². The molecule has 0 unspecified atom stereocenters. The zero-order valence-electron chi connectivity index (χ0n) is 6.87. The lowest BCUT2D eigenvalue weighted by molar-refractivity contribution is 1.31. The van der Waals surface area contributed by atoms with Crippen LogP contribution in [0.2, 0.25) is 0 Å². The van der Waals surface area contributed by atoms with Crippen molar-refractivity contribution in [1.29, 1.82) is 0 Å². The molecule has 1 aromatic rings. The number of nitrogens with zero attached hydrogens (tertiary/aromatic N) is 2. The molecule has 0 N–H and O–H groups in total. The van der Waals surface area contributed by atoms with Gasteiger partial charge in [-0.2, -0.15) is 0 Å². The number of benzene rings is 1. The van der Waals surface area contributed by atoms with E-state index in [4.69, 9.17) is 0 Å². The lowest BCUT2D eigenvalue weighted by Crippen LogP contribution is -1.78. The van der Waals surface area contributed by atoms with Crippen LogP contribution in [0.5, 0.6) is 0 Å². The monoisotopic (exact) mass is 164 g/mol. The Hall–Kier alpha value is -1.58. The second-order valence-electron chi connectivity index (χ2n) is 2.61. The predicted molar refractivity (Wildman–Crippen MR) is 46.8 cm³/mol. The number of aryl methyl sites for hydroxylation is 1. The molecule has 1 aromatic carbocycles. The Balaban J connectivity index is 3.41. The van der Waals surface area contributed by atoms with E-state index in [0.29, 0.717) is 5.56 Å². The first-order chi connectivity index (χ1) is 5.69. The maximum absolute atomic E-state index is 10.3. The highest BCUT2D eigenvalue weighted by atomic mass is 16.3. The van der Waals surface area contributed by atoms with Crippen LogP contribution in [0.25, 0.3) is 0 Å². The largest absolute Gasteiger partial charge is 0.145 e. The minimum atomic E-state index is 0.282. The molecule has 0 saturated carbocycles. The van der Waals surface area contributed by atoms with E-state index < -0.39 is 0 Å². The van der Waals surface area contributed by atoms with Crippen LogP contribution in [0.3, 0.4) is 0 Å². The van der Waals surface area contributed by atoms with Crippen LogP contribution in [-0.2, 0) is 0 Å². The van der Waals surface area contributed by atoms with Crippen molar-refractivity contribution in [3.05, 3.63) is 33.1 Å². The van der Waals surface area contributed by atoms with Crippen molar-refractivity contribution in [2.75, 3.05) is 0 Å². The quantitative estimate of drug-likeness (QED) is 0.630. The van der Waals surface area contributed by atoms with E-state index in [1.165, 1.54) is 0 Å². The highest BCUT2D eigenvalue weighted by Crippen LogP contribution is 2.29. The molecule has 0 aliphatic rings. The summed E-state index contributed by atoms with van der Waals surface area (Å²) >= 11 is 0. The van der Waals surface area contributed by atoms with E-state index in [1.54, 1.807) is 26.0 Å². The smallest absolute Gasteiger partial charge is 0.113 e. The van der Waals surface area contributed by atoms with Crippen molar-refractivity contribution in [1.82, 2.24) is 0 Å².